The molecule has 0 amide bonds. The molecule has 0 saturated carbocycles. The van der Waals surface area contributed by atoms with Crippen molar-refractivity contribution >= 4 is 11.8 Å². The quantitative estimate of drug-likeness (QED) is 0.538. The van der Waals surface area contributed by atoms with Crippen molar-refractivity contribution in [3.63, 3.8) is 0 Å². The maximum atomic E-state index is 5.60. The van der Waals surface area contributed by atoms with E-state index in [4.69, 9.17) is 4.74 Å². The molecule has 0 spiro atoms. The van der Waals surface area contributed by atoms with Gasteiger partial charge >= 0.3 is 0 Å². The molecule has 0 atom stereocenters. The van der Waals surface area contributed by atoms with E-state index in [-0.39, 0.29) is 4.93 Å². The summed E-state index contributed by atoms with van der Waals surface area (Å²) in [5, 5.41) is 0. The van der Waals surface area contributed by atoms with Crippen molar-refractivity contribution in [2.75, 3.05) is 6.61 Å². The van der Waals surface area contributed by atoms with Crippen molar-refractivity contribution < 1.29 is 4.74 Å². The van der Waals surface area contributed by atoms with Gasteiger partial charge in [0, 0.05) is 11.5 Å². The molecule has 0 aliphatic rings. The van der Waals surface area contributed by atoms with Crippen molar-refractivity contribution in [2.24, 2.45) is 0 Å². The Hall–Kier alpha value is -0.470. The van der Waals surface area contributed by atoms with Crippen LogP contribution in [0.4, 0.5) is 0 Å². The van der Waals surface area contributed by atoms with Gasteiger partial charge < -0.3 is 4.74 Å². The minimum Gasteiger partial charge on any atom is -0.365 e. The van der Waals surface area contributed by atoms with Gasteiger partial charge in [-0.05, 0) is 32.9 Å². The van der Waals surface area contributed by atoms with E-state index in [1.54, 1.807) is 11.8 Å². The van der Waals surface area contributed by atoms with Gasteiger partial charge in [-0.25, -0.2) is 0 Å². The summed E-state index contributed by atoms with van der Waals surface area (Å²) in [5.41, 5.74) is 0. The van der Waals surface area contributed by atoms with Crippen LogP contribution in [0.3, 0.4) is 0 Å². The zero-order valence-electron chi connectivity index (χ0n) is 8.41. The topological polar surface area (TPSA) is 9.23 Å². The summed E-state index contributed by atoms with van der Waals surface area (Å²) in [6.45, 7) is 6.96. The summed E-state index contributed by atoms with van der Waals surface area (Å²) in [7, 11) is 0. The third kappa shape index (κ3) is 3.83. The summed E-state index contributed by atoms with van der Waals surface area (Å²) < 4.78 is 5.60. The Morgan fingerprint density at radius 3 is 2.38 bits per heavy atom. The first kappa shape index (κ1) is 10.6. The summed E-state index contributed by atoms with van der Waals surface area (Å²) in [5.74, 6) is 0. The molecule has 0 unspecified atom stereocenters. The van der Waals surface area contributed by atoms with Gasteiger partial charge in [0.25, 0.3) is 0 Å². The summed E-state index contributed by atoms with van der Waals surface area (Å²) in [6.07, 6.45) is 0. The van der Waals surface area contributed by atoms with Crippen LogP contribution in [0, 0.1) is 0 Å². The van der Waals surface area contributed by atoms with E-state index < -0.39 is 0 Å². The second kappa shape index (κ2) is 4.68. The van der Waals surface area contributed by atoms with Crippen LogP contribution in [0.15, 0.2) is 35.2 Å². The Morgan fingerprint density at radius 2 is 1.85 bits per heavy atom. The molecule has 1 aromatic carbocycles. The van der Waals surface area contributed by atoms with Crippen molar-refractivity contribution in [2.45, 2.75) is 30.6 Å². The second-order valence-corrected chi connectivity index (χ2v) is 4.91. The van der Waals surface area contributed by atoms with Gasteiger partial charge in [0.15, 0.2) is 0 Å². The van der Waals surface area contributed by atoms with Crippen LogP contribution in [0.25, 0.3) is 0 Å². The molecular weight excluding hydrogens is 180 g/mol. The number of thioether (sulfide) groups is 1. The summed E-state index contributed by atoms with van der Waals surface area (Å²) >= 11 is 1.75. The SMILES string of the molecule is CCOC(C)(C)Sc1ccccc1. The minimum atomic E-state index is -0.129. The smallest absolute Gasteiger partial charge is 0.112 e. The maximum Gasteiger partial charge on any atom is 0.112 e. The van der Waals surface area contributed by atoms with Gasteiger partial charge in [-0.2, -0.15) is 0 Å². The van der Waals surface area contributed by atoms with Gasteiger partial charge in [-0.3, -0.25) is 0 Å². The molecule has 72 valence electrons. The van der Waals surface area contributed by atoms with E-state index in [2.05, 4.69) is 26.0 Å². The predicted octanol–water partition coefficient (Wildman–Crippen LogP) is 3.55. The van der Waals surface area contributed by atoms with Gasteiger partial charge in [0.2, 0.25) is 0 Å². The van der Waals surface area contributed by atoms with E-state index in [1.807, 2.05) is 25.1 Å². The molecule has 2 heteroatoms. The van der Waals surface area contributed by atoms with Gasteiger partial charge in [0.1, 0.15) is 4.93 Å². The van der Waals surface area contributed by atoms with Crippen LogP contribution >= 0.6 is 11.8 Å². The fourth-order valence-corrected chi connectivity index (χ4v) is 2.19. The summed E-state index contributed by atoms with van der Waals surface area (Å²) in [4.78, 5) is 1.12. The highest BCUT2D eigenvalue weighted by Gasteiger charge is 2.18. The van der Waals surface area contributed by atoms with Crippen molar-refractivity contribution in [1.82, 2.24) is 0 Å². The lowest BCUT2D eigenvalue weighted by Crippen LogP contribution is -2.19. The van der Waals surface area contributed by atoms with Crippen LogP contribution in [0.5, 0.6) is 0 Å². The third-order valence-electron chi connectivity index (χ3n) is 1.60. The Morgan fingerprint density at radius 1 is 1.23 bits per heavy atom. The lowest BCUT2D eigenvalue weighted by Gasteiger charge is -2.23. The fraction of sp³-hybridized carbons (Fsp3) is 0.455. The summed E-state index contributed by atoms with van der Waals surface area (Å²) in [6, 6.07) is 10.3. The van der Waals surface area contributed by atoms with Gasteiger partial charge in [0.05, 0.1) is 0 Å². The van der Waals surface area contributed by atoms with Crippen LogP contribution in [-0.4, -0.2) is 11.5 Å². The first-order chi connectivity index (χ1) is 6.14. The molecule has 0 bridgehead atoms. The van der Waals surface area contributed by atoms with E-state index >= 15 is 0 Å². The van der Waals surface area contributed by atoms with Crippen LogP contribution in [0.2, 0.25) is 0 Å². The molecule has 0 heterocycles. The minimum absolute atomic E-state index is 0.129. The predicted molar refractivity (Wildman–Crippen MR) is 58.0 cm³/mol. The van der Waals surface area contributed by atoms with Crippen molar-refractivity contribution in [3.05, 3.63) is 30.3 Å². The second-order valence-electron chi connectivity index (χ2n) is 3.25. The molecule has 0 fully saturated rings. The average Bonchev–Trinajstić information content (AvgIpc) is 2.04. The fourth-order valence-electron chi connectivity index (χ4n) is 1.15. The molecule has 1 nitrogen and oxygen atoms in total. The largest absolute Gasteiger partial charge is 0.365 e. The van der Waals surface area contributed by atoms with Crippen LogP contribution in [0.1, 0.15) is 20.8 Å². The molecule has 0 saturated heterocycles. The molecule has 0 aliphatic heterocycles. The average molecular weight is 196 g/mol. The molecule has 0 radical (unpaired) electrons. The maximum absolute atomic E-state index is 5.60. The molecular formula is C11H16OS. The molecule has 0 N–H and O–H groups in total. The van der Waals surface area contributed by atoms with Crippen LogP contribution < -0.4 is 0 Å². The van der Waals surface area contributed by atoms with Gasteiger partial charge in [-0.1, -0.05) is 30.0 Å². The zero-order valence-corrected chi connectivity index (χ0v) is 9.23. The first-order valence-corrected chi connectivity index (χ1v) is 5.34. The number of ether oxygens (including phenoxy) is 1. The lowest BCUT2D eigenvalue weighted by molar-refractivity contribution is 0.0625. The highest BCUT2D eigenvalue weighted by Crippen LogP contribution is 2.32. The standard InChI is InChI=1S/C11H16OS/c1-4-12-11(2,3)13-10-8-6-5-7-9-10/h5-9H,4H2,1-3H3. The van der Waals surface area contributed by atoms with E-state index in [9.17, 15) is 0 Å². The Bertz CT molecular complexity index is 244. The number of hydrogen-bond acceptors (Lipinski definition) is 2. The molecule has 0 aliphatic carbocycles. The number of benzene rings is 1. The molecule has 13 heavy (non-hydrogen) atoms. The van der Waals surface area contributed by atoms with E-state index in [0.717, 1.165) is 6.61 Å². The third-order valence-corrected chi connectivity index (χ3v) is 2.72. The van der Waals surface area contributed by atoms with E-state index in [1.165, 1.54) is 4.90 Å². The molecule has 1 aromatic rings. The zero-order chi connectivity index (χ0) is 9.73. The Kier molecular flexibility index (Phi) is 3.82. The first-order valence-electron chi connectivity index (χ1n) is 4.52. The number of rotatable bonds is 4. The van der Waals surface area contributed by atoms with Gasteiger partial charge in [-0.15, -0.1) is 0 Å². The van der Waals surface area contributed by atoms with E-state index in [0.29, 0.717) is 0 Å². The number of hydrogen-bond donors (Lipinski definition) is 0. The molecule has 0 aromatic heterocycles. The van der Waals surface area contributed by atoms with Crippen molar-refractivity contribution in [1.29, 1.82) is 0 Å². The monoisotopic (exact) mass is 196 g/mol. The Labute approximate surface area is 84.5 Å². The lowest BCUT2D eigenvalue weighted by atomic mass is 10.4. The Balaban J connectivity index is 2.58. The van der Waals surface area contributed by atoms with Crippen molar-refractivity contribution in [3.8, 4) is 0 Å². The normalized spacial score (nSPS) is 11.6. The molecule has 1 rings (SSSR count). The highest BCUT2D eigenvalue weighted by atomic mass is 32.2. The van der Waals surface area contributed by atoms with Crippen LogP contribution in [-0.2, 0) is 4.74 Å². The highest BCUT2D eigenvalue weighted by molar-refractivity contribution is 8.00.